The van der Waals surface area contributed by atoms with Crippen LogP contribution in [0.15, 0.2) is 29.6 Å². The maximum absolute atomic E-state index is 13.3. The van der Waals surface area contributed by atoms with Crippen LogP contribution in [-0.4, -0.2) is 51.6 Å². The first-order chi connectivity index (χ1) is 20.9. The number of ether oxygens (including phenoxy) is 1. The van der Waals surface area contributed by atoms with Crippen molar-refractivity contribution in [2.75, 3.05) is 6.61 Å². The van der Waals surface area contributed by atoms with E-state index < -0.39 is 18.1 Å². The first kappa shape index (κ1) is 36.8. The number of rotatable bonds is 19. The van der Waals surface area contributed by atoms with E-state index in [1.54, 1.807) is 17.5 Å². The second-order valence-corrected chi connectivity index (χ2v) is 12.7. The van der Waals surface area contributed by atoms with Gasteiger partial charge in [-0.2, -0.15) is 0 Å². The van der Waals surface area contributed by atoms with E-state index in [1.165, 1.54) is 23.3 Å². The fraction of sp³-hybridized carbons (Fsp3) is 0.588. The standard InChI is InChI=1S/C34H49N3O6S/c1-8-10-12-18-42-37(32(40)13-11-9-2)30(24(5)6)21-31(43-25(7)38)34-36-29(22-44-34)33(41)35-27(19-23(3)4)20-26-14-16-28(39)17-15-26/h1,14-17,22-24,27,30-31,39H,9-13,18-21H2,2-7H3,(H,35,41). The Morgan fingerprint density at radius 1 is 1.11 bits per heavy atom. The van der Waals surface area contributed by atoms with Gasteiger partial charge in [0, 0.05) is 37.6 Å². The molecule has 0 aliphatic rings. The number of aromatic hydroxyl groups is 1. The Balaban J connectivity index is 2.27. The molecule has 1 aromatic heterocycles. The van der Waals surface area contributed by atoms with Crippen molar-refractivity contribution in [2.45, 2.75) is 111 Å². The molecule has 0 aliphatic carbocycles. The van der Waals surface area contributed by atoms with Gasteiger partial charge in [0.1, 0.15) is 16.5 Å². The molecule has 9 nitrogen and oxygen atoms in total. The van der Waals surface area contributed by atoms with Gasteiger partial charge in [-0.25, -0.2) is 10.0 Å². The minimum absolute atomic E-state index is 0.0225. The molecule has 0 aliphatic heterocycles. The highest BCUT2D eigenvalue weighted by atomic mass is 32.1. The van der Waals surface area contributed by atoms with E-state index in [9.17, 15) is 19.5 Å². The highest BCUT2D eigenvalue weighted by Gasteiger charge is 2.33. The molecule has 0 fully saturated rings. The van der Waals surface area contributed by atoms with E-state index in [1.807, 2.05) is 32.9 Å². The Morgan fingerprint density at radius 2 is 1.82 bits per heavy atom. The third kappa shape index (κ3) is 12.7. The summed E-state index contributed by atoms with van der Waals surface area (Å²) in [5.74, 6) is 2.18. The topological polar surface area (TPSA) is 118 Å². The molecule has 0 bridgehead atoms. The molecule has 242 valence electrons. The van der Waals surface area contributed by atoms with Crippen LogP contribution in [0.4, 0.5) is 0 Å². The van der Waals surface area contributed by atoms with E-state index in [0.29, 0.717) is 43.2 Å². The van der Waals surface area contributed by atoms with Crippen LogP contribution >= 0.6 is 11.3 Å². The van der Waals surface area contributed by atoms with Crippen molar-refractivity contribution in [3.63, 3.8) is 0 Å². The molecule has 0 spiro atoms. The molecule has 44 heavy (non-hydrogen) atoms. The van der Waals surface area contributed by atoms with E-state index in [4.69, 9.17) is 16.0 Å². The molecule has 3 atom stereocenters. The van der Waals surface area contributed by atoms with Crippen LogP contribution in [0, 0.1) is 24.2 Å². The Bertz CT molecular complexity index is 1220. The van der Waals surface area contributed by atoms with Crippen LogP contribution in [0.25, 0.3) is 0 Å². The number of nitrogens with one attached hydrogen (secondary N) is 1. The summed E-state index contributed by atoms with van der Waals surface area (Å²) >= 11 is 1.24. The first-order valence-electron chi connectivity index (χ1n) is 15.5. The zero-order chi connectivity index (χ0) is 32.6. The quantitative estimate of drug-likeness (QED) is 0.0778. The zero-order valence-electron chi connectivity index (χ0n) is 27.0. The molecule has 0 radical (unpaired) electrons. The van der Waals surface area contributed by atoms with Crippen molar-refractivity contribution in [1.29, 1.82) is 0 Å². The van der Waals surface area contributed by atoms with Crippen LogP contribution in [-0.2, 0) is 25.6 Å². The highest BCUT2D eigenvalue weighted by Crippen LogP contribution is 2.31. The number of unbranched alkanes of at least 4 members (excludes halogenated alkanes) is 2. The summed E-state index contributed by atoms with van der Waals surface area (Å²) < 4.78 is 5.72. The molecule has 1 heterocycles. The largest absolute Gasteiger partial charge is 0.508 e. The third-order valence-electron chi connectivity index (χ3n) is 7.06. The summed E-state index contributed by atoms with van der Waals surface area (Å²) in [6.45, 7) is 11.8. The molecule has 2 aromatic rings. The van der Waals surface area contributed by atoms with Crippen molar-refractivity contribution in [3.8, 4) is 18.1 Å². The van der Waals surface area contributed by atoms with E-state index in [-0.39, 0.29) is 41.6 Å². The Morgan fingerprint density at radius 3 is 2.41 bits per heavy atom. The van der Waals surface area contributed by atoms with Gasteiger partial charge in [0.25, 0.3) is 5.91 Å². The number of amides is 2. The lowest BCUT2D eigenvalue weighted by atomic mass is 9.97. The summed E-state index contributed by atoms with van der Waals surface area (Å²) in [5, 5.41) is 16.3. The minimum atomic E-state index is -0.773. The van der Waals surface area contributed by atoms with E-state index in [0.717, 1.165) is 24.8 Å². The van der Waals surface area contributed by atoms with Gasteiger partial charge in [-0.1, -0.05) is 53.2 Å². The molecular formula is C34H49N3O6S. The third-order valence-corrected chi connectivity index (χ3v) is 8.00. The van der Waals surface area contributed by atoms with Crippen LogP contribution in [0.3, 0.4) is 0 Å². The Kier molecular flexibility index (Phi) is 15.9. The number of phenolic OH excluding ortho intramolecular Hbond substituents is 1. The van der Waals surface area contributed by atoms with Crippen molar-refractivity contribution in [3.05, 3.63) is 45.9 Å². The average Bonchev–Trinajstić information content (AvgIpc) is 3.45. The smallest absolute Gasteiger partial charge is 0.303 e. The van der Waals surface area contributed by atoms with Gasteiger partial charge in [0.15, 0.2) is 6.10 Å². The number of phenols is 1. The summed E-state index contributed by atoms with van der Waals surface area (Å²) in [7, 11) is 0. The maximum Gasteiger partial charge on any atom is 0.303 e. The molecule has 3 unspecified atom stereocenters. The second kappa shape index (κ2) is 19.1. The van der Waals surface area contributed by atoms with Crippen molar-refractivity contribution >= 4 is 29.1 Å². The lowest BCUT2D eigenvalue weighted by Gasteiger charge is -2.35. The van der Waals surface area contributed by atoms with Crippen molar-refractivity contribution in [2.24, 2.45) is 11.8 Å². The van der Waals surface area contributed by atoms with Crippen LogP contribution in [0.2, 0.25) is 0 Å². The molecule has 1 aromatic carbocycles. The summed E-state index contributed by atoms with van der Waals surface area (Å²) in [6, 6.07) is 6.42. The van der Waals surface area contributed by atoms with Gasteiger partial charge < -0.3 is 15.2 Å². The van der Waals surface area contributed by atoms with Gasteiger partial charge in [-0.3, -0.25) is 19.2 Å². The lowest BCUT2D eigenvalue weighted by molar-refractivity contribution is -0.210. The summed E-state index contributed by atoms with van der Waals surface area (Å²) in [5.41, 5.74) is 1.24. The minimum Gasteiger partial charge on any atom is -0.508 e. The van der Waals surface area contributed by atoms with Gasteiger partial charge in [-0.05, 0) is 55.2 Å². The lowest BCUT2D eigenvalue weighted by Crippen LogP contribution is -2.44. The number of hydrogen-bond acceptors (Lipinski definition) is 8. The number of carbonyl (C=O) groups is 3. The number of nitrogens with zero attached hydrogens (tertiary/aromatic N) is 2. The number of hydroxylamine groups is 2. The van der Waals surface area contributed by atoms with Gasteiger partial charge in [-0.15, -0.1) is 23.7 Å². The van der Waals surface area contributed by atoms with E-state index in [2.05, 4.69) is 30.1 Å². The van der Waals surface area contributed by atoms with Crippen LogP contribution in [0.5, 0.6) is 5.75 Å². The fourth-order valence-corrected chi connectivity index (χ4v) is 5.70. The number of benzene rings is 1. The summed E-state index contributed by atoms with van der Waals surface area (Å²) in [4.78, 5) is 49.4. The number of terminal acetylenes is 1. The van der Waals surface area contributed by atoms with Crippen molar-refractivity contribution in [1.82, 2.24) is 15.4 Å². The Hall–Kier alpha value is -3.42. The van der Waals surface area contributed by atoms with Gasteiger partial charge in [0.05, 0.1) is 12.6 Å². The molecule has 2 N–H and O–H groups in total. The normalized spacial score (nSPS) is 13.2. The zero-order valence-corrected chi connectivity index (χ0v) is 27.8. The SMILES string of the molecule is C#CCCCON(C(=O)CCCC)C(CC(OC(C)=O)c1nc(C(=O)NC(Cc2ccc(O)cc2)CC(C)C)cs1)C(C)C. The highest BCUT2D eigenvalue weighted by molar-refractivity contribution is 7.09. The Labute approximate surface area is 266 Å². The average molecular weight is 628 g/mol. The molecule has 0 saturated heterocycles. The predicted octanol–water partition coefficient (Wildman–Crippen LogP) is 6.62. The number of carbonyl (C=O) groups excluding carboxylic acids is 3. The van der Waals surface area contributed by atoms with Gasteiger partial charge >= 0.3 is 5.97 Å². The molecule has 0 saturated carbocycles. The fourth-order valence-electron chi connectivity index (χ4n) is 4.86. The number of esters is 1. The monoisotopic (exact) mass is 627 g/mol. The first-order valence-corrected chi connectivity index (χ1v) is 16.4. The van der Waals surface area contributed by atoms with Gasteiger partial charge in [0.2, 0.25) is 5.91 Å². The number of hydrogen-bond donors (Lipinski definition) is 2. The second-order valence-electron chi connectivity index (χ2n) is 11.9. The van der Waals surface area contributed by atoms with Crippen LogP contribution < -0.4 is 5.32 Å². The molecular weight excluding hydrogens is 578 g/mol. The number of thiazole rings is 1. The molecule has 10 heteroatoms. The molecule has 2 amide bonds. The van der Waals surface area contributed by atoms with Crippen LogP contribution in [0.1, 0.15) is 114 Å². The predicted molar refractivity (Wildman–Crippen MR) is 173 cm³/mol. The number of aromatic nitrogens is 1. The maximum atomic E-state index is 13.3. The summed E-state index contributed by atoms with van der Waals surface area (Å²) in [6.07, 6.45) is 9.34. The molecule has 2 rings (SSSR count). The van der Waals surface area contributed by atoms with E-state index >= 15 is 0 Å². The van der Waals surface area contributed by atoms with Crippen molar-refractivity contribution < 1.29 is 29.1 Å².